The summed E-state index contributed by atoms with van der Waals surface area (Å²) in [5, 5.41) is 19.3. The van der Waals surface area contributed by atoms with E-state index >= 15 is 0 Å². The zero-order valence-corrected chi connectivity index (χ0v) is 9.04. The van der Waals surface area contributed by atoms with Crippen LogP contribution in [0.5, 0.6) is 5.75 Å². The fourth-order valence-electron chi connectivity index (χ4n) is 1.70. The van der Waals surface area contributed by atoms with Gasteiger partial charge < -0.3 is 14.8 Å². The summed E-state index contributed by atoms with van der Waals surface area (Å²) in [5.74, 6) is 0.217. The summed E-state index contributed by atoms with van der Waals surface area (Å²) in [5.41, 5.74) is 1.66. The van der Waals surface area contributed by atoms with Crippen LogP contribution in [-0.2, 0) is 13.5 Å². The number of phenolic OH excluding ortho intramolecular Hbond substituents is 1. The number of nitrogens with zero attached hydrogens (tertiary/aromatic N) is 2. The van der Waals surface area contributed by atoms with Gasteiger partial charge in [0.15, 0.2) is 0 Å². The molecule has 0 spiro atoms. The van der Waals surface area contributed by atoms with Crippen molar-refractivity contribution in [2.75, 3.05) is 0 Å². The third kappa shape index (κ3) is 2.23. The Labute approximate surface area is 93.8 Å². The standard InChI is InChI=1S/C12H14N2O2/c1-14-8-13-7-11(14)12(16)6-9-3-2-4-10(15)5-9/h2-5,7-8,12,15-16H,6H2,1H3. The monoisotopic (exact) mass is 218 g/mol. The lowest BCUT2D eigenvalue weighted by molar-refractivity contribution is 0.170. The van der Waals surface area contributed by atoms with E-state index in [1.807, 2.05) is 13.1 Å². The zero-order chi connectivity index (χ0) is 11.5. The van der Waals surface area contributed by atoms with Crippen LogP contribution >= 0.6 is 0 Å². The van der Waals surface area contributed by atoms with Crippen LogP contribution in [0.2, 0.25) is 0 Å². The SMILES string of the molecule is Cn1cncc1C(O)Cc1cccc(O)c1. The van der Waals surface area contributed by atoms with Gasteiger partial charge in [0.05, 0.1) is 24.3 Å². The van der Waals surface area contributed by atoms with Crippen LogP contribution in [0.25, 0.3) is 0 Å². The normalized spacial score (nSPS) is 12.6. The number of phenols is 1. The van der Waals surface area contributed by atoms with Crippen molar-refractivity contribution < 1.29 is 10.2 Å². The van der Waals surface area contributed by atoms with Crippen LogP contribution in [0.1, 0.15) is 17.4 Å². The Morgan fingerprint density at radius 2 is 2.25 bits per heavy atom. The Balaban J connectivity index is 2.14. The molecular weight excluding hydrogens is 204 g/mol. The molecule has 1 atom stereocenters. The number of hydrogen-bond acceptors (Lipinski definition) is 3. The maximum absolute atomic E-state index is 9.99. The van der Waals surface area contributed by atoms with Crippen molar-refractivity contribution in [3.63, 3.8) is 0 Å². The zero-order valence-electron chi connectivity index (χ0n) is 9.04. The summed E-state index contributed by atoms with van der Waals surface area (Å²) < 4.78 is 1.79. The van der Waals surface area contributed by atoms with Gasteiger partial charge in [0.25, 0.3) is 0 Å². The number of aromatic nitrogens is 2. The highest BCUT2D eigenvalue weighted by Gasteiger charge is 2.12. The molecule has 0 saturated heterocycles. The van der Waals surface area contributed by atoms with Crippen LogP contribution in [0, 0.1) is 0 Å². The predicted molar refractivity (Wildman–Crippen MR) is 60.0 cm³/mol. The minimum absolute atomic E-state index is 0.217. The first kappa shape index (κ1) is 10.7. The van der Waals surface area contributed by atoms with Gasteiger partial charge in [0.1, 0.15) is 5.75 Å². The first-order chi connectivity index (χ1) is 7.66. The molecule has 0 aliphatic carbocycles. The summed E-state index contributed by atoms with van der Waals surface area (Å²) in [7, 11) is 1.84. The molecule has 4 nitrogen and oxygen atoms in total. The smallest absolute Gasteiger partial charge is 0.115 e. The summed E-state index contributed by atoms with van der Waals surface area (Å²) in [4.78, 5) is 3.96. The number of aliphatic hydroxyl groups is 1. The van der Waals surface area contributed by atoms with Gasteiger partial charge in [-0.25, -0.2) is 4.98 Å². The molecule has 1 unspecified atom stereocenters. The molecule has 0 amide bonds. The highest BCUT2D eigenvalue weighted by atomic mass is 16.3. The molecule has 84 valence electrons. The largest absolute Gasteiger partial charge is 0.508 e. The predicted octanol–water partition coefficient (Wildman–Crippen LogP) is 1.40. The average Bonchev–Trinajstić information content (AvgIpc) is 2.64. The van der Waals surface area contributed by atoms with Gasteiger partial charge in [-0.1, -0.05) is 12.1 Å². The quantitative estimate of drug-likeness (QED) is 0.818. The maximum Gasteiger partial charge on any atom is 0.115 e. The van der Waals surface area contributed by atoms with E-state index in [0.717, 1.165) is 11.3 Å². The summed E-state index contributed by atoms with van der Waals surface area (Å²) in [6.45, 7) is 0. The molecule has 1 heterocycles. The third-order valence-corrected chi connectivity index (χ3v) is 2.53. The van der Waals surface area contributed by atoms with E-state index in [-0.39, 0.29) is 5.75 Å². The van der Waals surface area contributed by atoms with Crippen LogP contribution < -0.4 is 0 Å². The number of aliphatic hydroxyl groups excluding tert-OH is 1. The molecule has 2 aromatic rings. The van der Waals surface area contributed by atoms with E-state index in [0.29, 0.717) is 6.42 Å². The second-order valence-electron chi connectivity index (χ2n) is 3.82. The molecule has 1 aromatic heterocycles. The van der Waals surface area contributed by atoms with Crippen molar-refractivity contribution >= 4 is 0 Å². The van der Waals surface area contributed by atoms with Crippen molar-refractivity contribution in [1.29, 1.82) is 0 Å². The average molecular weight is 218 g/mol. The Morgan fingerprint density at radius 3 is 2.88 bits per heavy atom. The Bertz CT molecular complexity index is 479. The number of rotatable bonds is 3. The van der Waals surface area contributed by atoms with E-state index in [2.05, 4.69) is 4.98 Å². The molecule has 0 bridgehead atoms. The summed E-state index contributed by atoms with van der Waals surface area (Å²) in [6, 6.07) is 6.90. The van der Waals surface area contributed by atoms with E-state index in [1.165, 1.54) is 0 Å². The van der Waals surface area contributed by atoms with Gasteiger partial charge in [-0.3, -0.25) is 0 Å². The Morgan fingerprint density at radius 1 is 1.44 bits per heavy atom. The van der Waals surface area contributed by atoms with Crippen molar-refractivity contribution in [1.82, 2.24) is 9.55 Å². The van der Waals surface area contributed by atoms with E-state index in [1.54, 1.807) is 35.3 Å². The minimum Gasteiger partial charge on any atom is -0.508 e. The van der Waals surface area contributed by atoms with Crippen molar-refractivity contribution in [3.8, 4) is 5.75 Å². The fraction of sp³-hybridized carbons (Fsp3) is 0.250. The molecule has 0 aliphatic heterocycles. The van der Waals surface area contributed by atoms with Crippen LogP contribution in [0.15, 0.2) is 36.8 Å². The lowest BCUT2D eigenvalue weighted by Crippen LogP contribution is -2.06. The first-order valence-corrected chi connectivity index (χ1v) is 5.09. The molecule has 0 saturated carbocycles. The van der Waals surface area contributed by atoms with Crippen molar-refractivity contribution in [3.05, 3.63) is 48.0 Å². The number of hydrogen-bond donors (Lipinski definition) is 2. The highest BCUT2D eigenvalue weighted by molar-refractivity contribution is 5.28. The third-order valence-electron chi connectivity index (χ3n) is 2.53. The van der Waals surface area contributed by atoms with Crippen molar-refractivity contribution in [2.45, 2.75) is 12.5 Å². The molecular formula is C12H14N2O2. The molecule has 0 fully saturated rings. The van der Waals surface area contributed by atoms with Gasteiger partial charge in [-0.15, -0.1) is 0 Å². The Kier molecular flexibility index (Phi) is 2.92. The maximum atomic E-state index is 9.99. The van der Waals surface area contributed by atoms with E-state index < -0.39 is 6.10 Å². The molecule has 2 rings (SSSR count). The number of benzene rings is 1. The van der Waals surface area contributed by atoms with E-state index in [4.69, 9.17) is 0 Å². The van der Waals surface area contributed by atoms with Crippen LogP contribution in [0.3, 0.4) is 0 Å². The van der Waals surface area contributed by atoms with Gasteiger partial charge >= 0.3 is 0 Å². The Hall–Kier alpha value is -1.81. The van der Waals surface area contributed by atoms with Gasteiger partial charge in [0, 0.05) is 13.5 Å². The molecule has 0 radical (unpaired) electrons. The highest BCUT2D eigenvalue weighted by Crippen LogP contribution is 2.19. The molecule has 1 aromatic carbocycles. The number of imidazole rings is 1. The number of aryl methyl sites for hydroxylation is 1. The lowest BCUT2D eigenvalue weighted by Gasteiger charge is -2.11. The van der Waals surface area contributed by atoms with Gasteiger partial charge in [0.2, 0.25) is 0 Å². The summed E-state index contributed by atoms with van der Waals surface area (Å²) in [6.07, 6.45) is 3.16. The second kappa shape index (κ2) is 4.37. The van der Waals surface area contributed by atoms with Gasteiger partial charge in [-0.2, -0.15) is 0 Å². The molecule has 16 heavy (non-hydrogen) atoms. The van der Waals surface area contributed by atoms with Crippen LogP contribution in [0.4, 0.5) is 0 Å². The number of aromatic hydroxyl groups is 1. The fourth-order valence-corrected chi connectivity index (χ4v) is 1.70. The van der Waals surface area contributed by atoms with Crippen molar-refractivity contribution in [2.24, 2.45) is 7.05 Å². The van der Waals surface area contributed by atoms with Crippen LogP contribution in [-0.4, -0.2) is 19.8 Å². The molecule has 4 heteroatoms. The molecule has 2 N–H and O–H groups in total. The topological polar surface area (TPSA) is 58.3 Å². The second-order valence-corrected chi connectivity index (χ2v) is 3.82. The molecule has 0 aliphatic rings. The van der Waals surface area contributed by atoms with Gasteiger partial charge in [-0.05, 0) is 17.7 Å². The summed E-state index contributed by atoms with van der Waals surface area (Å²) >= 11 is 0. The minimum atomic E-state index is -0.603. The first-order valence-electron chi connectivity index (χ1n) is 5.09. The lowest BCUT2D eigenvalue weighted by atomic mass is 10.1. The van der Waals surface area contributed by atoms with E-state index in [9.17, 15) is 10.2 Å².